The van der Waals surface area contributed by atoms with Crippen LogP contribution in [0.3, 0.4) is 0 Å². The van der Waals surface area contributed by atoms with Gasteiger partial charge in [0.15, 0.2) is 0 Å². The number of rotatable bonds is 8. The molecule has 0 aliphatic heterocycles. The molecule has 180 valence electrons. The lowest BCUT2D eigenvalue weighted by atomic mass is 9.85. The van der Waals surface area contributed by atoms with E-state index in [0.29, 0.717) is 12.8 Å². The molecule has 0 aromatic heterocycles. The second-order valence-corrected chi connectivity index (χ2v) is 8.94. The first kappa shape index (κ1) is 23.8. The van der Waals surface area contributed by atoms with Crippen LogP contribution in [0, 0.1) is 5.92 Å². The summed E-state index contributed by atoms with van der Waals surface area (Å²) in [5.74, 6) is -1.96. The van der Waals surface area contributed by atoms with Gasteiger partial charge in [-0.15, -0.1) is 0 Å². The first-order valence-electron chi connectivity index (χ1n) is 11.7. The minimum Gasteiger partial charge on any atom is -0.480 e. The summed E-state index contributed by atoms with van der Waals surface area (Å²) in [7, 11) is 0. The molecule has 4 N–H and O–H groups in total. The Morgan fingerprint density at radius 3 is 2.26 bits per heavy atom. The zero-order valence-electron chi connectivity index (χ0n) is 18.9. The van der Waals surface area contributed by atoms with Gasteiger partial charge in [0.2, 0.25) is 5.91 Å². The predicted octanol–water partition coefficient (Wildman–Crippen LogP) is 3.04. The SMILES string of the molecule is O=C(N[C@@H]1CCC[C@@H](C(=O)NC(CCO)C(=O)O)C1)OCC1c2ccccc2-c2ccccc21. The van der Waals surface area contributed by atoms with Crippen LogP contribution in [0.25, 0.3) is 11.1 Å². The van der Waals surface area contributed by atoms with Gasteiger partial charge in [-0.1, -0.05) is 55.0 Å². The third-order valence-corrected chi connectivity index (χ3v) is 6.74. The van der Waals surface area contributed by atoms with Crippen molar-refractivity contribution in [3.05, 3.63) is 59.7 Å². The molecule has 8 nitrogen and oxygen atoms in total. The van der Waals surface area contributed by atoms with Gasteiger partial charge in [-0.3, -0.25) is 4.79 Å². The van der Waals surface area contributed by atoms with Gasteiger partial charge in [0, 0.05) is 30.9 Å². The molecule has 2 aliphatic carbocycles. The van der Waals surface area contributed by atoms with Gasteiger partial charge in [-0.25, -0.2) is 9.59 Å². The molecular formula is C26H30N2O6. The van der Waals surface area contributed by atoms with Crippen molar-refractivity contribution in [1.29, 1.82) is 0 Å². The Bertz CT molecular complexity index is 1010. The summed E-state index contributed by atoms with van der Waals surface area (Å²) in [5, 5.41) is 23.6. The second kappa shape index (κ2) is 10.7. The van der Waals surface area contributed by atoms with Crippen molar-refractivity contribution in [2.75, 3.05) is 13.2 Å². The Kier molecular flexibility index (Phi) is 7.47. The summed E-state index contributed by atoms with van der Waals surface area (Å²) >= 11 is 0. The first-order valence-corrected chi connectivity index (χ1v) is 11.7. The highest BCUT2D eigenvalue weighted by Crippen LogP contribution is 2.44. The van der Waals surface area contributed by atoms with Crippen LogP contribution in [0.1, 0.15) is 49.1 Å². The number of ether oxygens (including phenoxy) is 1. The minimum atomic E-state index is -1.17. The van der Waals surface area contributed by atoms with E-state index in [2.05, 4.69) is 34.9 Å². The number of aliphatic carboxylic acids is 1. The Balaban J connectivity index is 1.31. The Morgan fingerprint density at radius 1 is 1.00 bits per heavy atom. The molecule has 0 heterocycles. The number of hydrogen-bond acceptors (Lipinski definition) is 5. The lowest BCUT2D eigenvalue weighted by Crippen LogP contribution is -2.47. The average Bonchev–Trinajstić information content (AvgIpc) is 3.16. The van der Waals surface area contributed by atoms with Crippen molar-refractivity contribution >= 4 is 18.0 Å². The van der Waals surface area contributed by atoms with Crippen LogP contribution < -0.4 is 10.6 Å². The summed E-state index contributed by atoms with van der Waals surface area (Å²) in [6.07, 6.45) is 1.95. The van der Waals surface area contributed by atoms with Crippen molar-refractivity contribution in [3.8, 4) is 11.1 Å². The van der Waals surface area contributed by atoms with Crippen molar-refractivity contribution in [2.24, 2.45) is 5.92 Å². The van der Waals surface area contributed by atoms with E-state index in [9.17, 15) is 19.5 Å². The molecule has 1 unspecified atom stereocenters. The molecule has 2 aromatic rings. The summed E-state index contributed by atoms with van der Waals surface area (Å²) in [5.41, 5.74) is 4.60. The highest BCUT2D eigenvalue weighted by molar-refractivity contribution is 5.85. The molecule has 8 heteroatoms. The third-order valence-electron chi connectivity index (χ3n) is 6.74. The van der Waals surface area contributed by atoms with Crippen molar-refractivity contribution < 1.29 is 29.3 Å². The molecule has 0 saturated heterocycles. The monoisotopic (exact) mass is 466 g/mol. The third kappa shape index (κ3) is 5.22. The maximum absolute atomic E-state index is 12.6. The Labute approximate surface area is 198 Å². The molecule has 4 rings (SSSR count). The first-order chi connectivity index (χ1) is 16.5. The number of hydrogen-bond donors (Lipinski definition) is 4. The number of aliphatic hydroxyl groups excluding tert-OH is 1. The van der Waals surface area contributed by atoms with Crippen molar-refractivity contribution in [3.63, 3.8) is 0 Å². The number of carbonyl (C=O) groups excluding carboxylic acids is 2. The average molecular weight is 467 g/mol. The van der Waals surface area contributed by atoms with Crippen LogP contribution in [0.2, 0.25) is 0 Å². The van der Waals surface area contributed by atoms with Crippen molar-refractivity contribution in [2.45, 2.75) is 50.1 Å². The zero-order chi connectivity index (χ0) is 24.1. The normalized spacial score (nSPS) is 20.0. The number of nitrogens with one attached hydrogen (secondary N) is 2. The van der Waals surface area contributed by atoms with Crippen LogP contribution >= 0.6 is 0 Å². The largest absolute Gasteiger partial charge is 0.480 e. The van der Waals surface area contributed by atoms with Crippen LogP contribution in [-0.2, 0) is 14.3 Å². The number of benzene rings is 2. The molecule has 1 saturated carbocycles. The maximum Gasteiger partial charge on any atom is 0.407 e. The standard InChI is InChI=1S/C26H30N2O6/c29-13-12-23(25(31)32)28-24(30)16-6-5-7-17(14-16)27-26(33)34-15-22-20-10-3-1-8-18(20)19-9-2-4-11-21(19)22/h1-4,8-11,16-17,22-23,29H,5-7,12-15H2,(H,27,33)(H,28,30)(H,31,32)/t16-,17-,23?/m1/s1. The molecule has 0 radical (unpaired) electrons. The highest BCUT2D eigenvalue weighted by atomic mass is 16.5. The number of carboxylic acids is 1. The molecule has 2 amide bonds. The summed E-state index contributed by atoms with van der Waals surface area (Å²) in [6.45, 7) is -0.105. The van der Waals surface area contributed by atoms with E-state index in [-0.39, 0.29) is 37.5 Å². The smallest absolute Gasteiger partial charge is 0.407 e. The molecule has 34 heavy (non-hydrogen) atoms. The number of carboxylic acid groups (broad SMARTS) is 1. The lowest BCUT2D eigenvalue weighted by molar-refractivity contribution is -0.143. The maximum atomic E-state index is 12.6. The van der Waals surface area contributed by atoms with Gasteiger partial charge in [0.05, 0.1) is 0 Å². The summed E-state index contributed by atoms with van der Waals surface area (Å²) in [4.78, 5) is 36.4. The quantitative estimate of drug-likeness (QED) is 0.474. The summed E-state index contributed by atoms with van der Waals surface area (Å²) in [6, 6.07) is 14.9. The Morgan fingerprint density at radius 2 is 1.65 bits per heavy atom. The fourth-order valence-corrected chi connectivity index (χ4v) is 5.04. The fourth-order valence-electron chi connectivity index (χ4n) is 5.04. The van der Waals surface area contributed by atoms with E-state index in [1.54, 1.807) is 0 Å². The van der Waals surface area contributed by atoms with E-state index in [1.807, 2.05) is 24.3 Å². The van der Waals surface area contributed by atoms with Gasteiger partial charge in [0.25, 0.3) is 0 Å². The number of alkyl carbamates (subject to hydrolysis) is 1. The van der Waals surface area contributed by atoms with E-state index in [1.165, 1.54) is 0 Å². The van der Waals surface area contributed by atoms with E-state index in [0.717, 1.165) is 35.1 Å². The predicted molar refractivity (Wildman–Crippen MR) is 125 cm³/mol. The molecule has 2 aromatic carbocycles. The molecule has 3 atom stereocenters. The van der Waals surface area contributed by atoms with Gasteiger partial charge in [-0.2, -0.15) is 0 Å². The Hall–Kier alpha value is -3.39. The zero-order valence-corrected chi connectivity index (χ0v) is 18.9. The molecule has 2 aliphatic rings. The van der Waals surface area contributed by atoms with Gasteiger partial charge in [-0.05, 0) is 41.5 Å². The number of carbonyl (C=O) groups is 3. The molecule has 1 fully saturated rings. The fraction of sp³-hybridized carbons (Fsp3) is 0.423. The van der Waals surface area contributed by atoms with E-state index >= 15 is 0 Å². The van der Waals surface area contributed by atoms with Gasteiger partial charge >= 0.3 is 12.1 Å². The van der Waals surface area contributed by atoms with Crippen molar-refractivity contribution in [1.82, 2.24) is 10.6 Å². The highest BCUT2D eigenvalue weighted by Gasteiger charge is 2.32. The van der Waals surface area contributed by atoms with Crippen LogP contribution in [0.5, 0.6) is 0 Å². The number of aliphatic hydroxyl groups is 1. The van der Waals surface area contributed by atoms with Crippen LogP contribution in [-0.4, -0.2) is 53.5 Å². The van der Waals surface area contributed by atoms with Gasteiger partial charge in [0.1, 0.15) is 12.6 Å². The minimum absolute atomic E-state index is 0.0255. The van der Waals surface area contributed by atoms with E-state index in [4.69, 9.17) is 9.84 Å². The second-order valence-electron chi connectivity index (χ2n) is 8.94. The van der Waals surface area contributed by atoms with Crippen LogP contribution in [0.4, 0.5) is 4.79 Å². The summed E-state index contributed by atoms with van der Waals surface area (Å²) < 4.78 is 5.61. The lowest BCUT2D eigenvalue weighted by Gasteiger charge is -2.29. The molecule has 0 bridgehead atoms. The number of amides is 2. The number of fused-ring (bicyclic) bond motifs is 3. The molecule has 0 spiro atoms. The topological polar surface area (TPSA) is 125 Å². The van der Waals surface area contributed by atoms with Crippen LogP contribution in [0.15, 0.2) is 48.5 Å². The van der Waals surface area contributed by atoms with E-state index < -0.39 is 24.0 Å². The molecular weight excluding hydrogens is 436 g/mol. The van der Waals surface area contributed by atoms with Gasteiger partial charge < -0.3 is 25.6 Å².